The number of methoxy groups -OCH3 is 1. The number of hydrogen-bond donors (Lipinski definition) is 1. The Kier molecular flexibility index (Phi) is 4.37. The quantitative estimate of drug-likeness (QED) is 0.898. The lowest BCUT2D eigenvalue weighted by molar-refractivity contribution is 0.0121. The molecule has 3 nitrogen and oxygen atoms in total. The van der Waals surface area contributed by atoms with Crippen LogP contribution in [0, 0.1) is 0 Å². The molecule has 4 heteroatoms. The maximum absolute atomic E-state index is 6.00. The molecule has 0 aliphatic rings. The van der Waals surface area contributed by atoms with Crippen LogP contribution in [0.5, 0.6) is 0 Å². The van der Waals surface area contributed by atoms with Crippen molar-refractivity contribution < 1.29 is 9.15 Å². The van der Waals surface area contributed by atoms with Gasteiger partial charge >= 0.3 is 0 Å². The molecular weight excluding hydrogens is 258 g/mol. The number of nitrogens with two attached hydrogens (primary N) is 1. The zero-order valence-electron chi connectivity index (χ0n) is 9.42. The minimum atomic E-state index is -0.124. The van der Waals surface area contributed by atoms with Crippen molar-refractivity contribution in [3.8, 4) is 0 Å². The van der Waals surface area contributed by atoms with E-state index in [1.165, 1.54) is 0 Å². The van der Waals surface area contributed by atoms with Gasteiger partial charge in [0.15, 0.2) is 4.67 Å². The highest BCUT2D eigenvalue weighted by Crippen LogP contribution is 2.25. The Balaban J connectivity index is 2.46. The van der Waals surface area contributed by atoms with Crippen molar-refractivity contribution in [2.75, 3.05) is 7.11 Å². The molecule has 0 radical (unpaired) electrons. The fourth-order valence-corrected chi connectivity index (χ4v) is 1.59. The maximum Gasteiger partial charge on any atom is 0.169 e. The lowest BCUT2D eigenvalue weighted by Gasteiger charge is -2.23. The van der Waals surface area contributed by atoms with Crippen LogP contribution in [-0.2, 0) is 4.74 Å². The Labute approximate surface area is 99.1 Å². The van der Waals surface area contributed by atoms with E-state index in [9.17, 15) is 0 Å². The summed E-state index contributed by atoms with van der Waals surface area (Å²) < 4.78 is 11.4. The molecule has 2 N–H and O–H groups in total. The molecule has 86 valence electrons. The smallest absolute Gasteiger partial charge is 0.169 e. The van der Waals surface area contributed by atoms with Gasteiger partial charge in [0.05, 0.1) is 11.6 Å². The number of hydrogen-bond acceptors (Lipinski definition) is 3. The van der Waals surface area contributed by atoms with Gasteiger partial charge in [-0.2, -0.15) is 0 Å². The van der Waals surface area contributed by atoms with E-state index in [1.54, 1.807) is 7.11 Å². The van der Waals surface area contributed by atoms with E-state index in [1.807, 2.05) is 12.1 Å². The highest BCUT2D eigenvalue weighted by molar-refractivity contribution is 9.10. The van der Waals surface area contributed by atoms with Gasteiger partial charge in [-0.25, -0.2) is 0 Å². The second kappa shape index (κ2) is 5.14. The number of furan rings is 1. The highest BCUT2D eigenvalue weighted by atomic mass is 79.9. The van der Waals surface area contributed by atoms with Crippen LogP contribution in [0.1, 0.15) is 38.5 Å². The first-order valence-electron chi connectivity index (χ1n) is 5.00. The normalized spacial score (nSPS) is 14.2. The fraction of sp³-hybridized carbons (Fsp3) is 0.636. The summed E-state index contributed by atoms with van der Waals surface area (Å²) >= 11 is 3.26. The van der Waals surface area contributed by atoms with Crippen LogP contribution < -0.4 is 5.73 Å². The minimum Gasteiger partial charge on any atom is -0.453 e. The van der Waals surface area contributed by atoms with Gasteiger partial charge in [0, 0.05) is 7.11 Å². The minimum absolute atomic E-state index is 0.0641. The predicted octanol–water partition coefficient (Wildman–Crippen LogP) is 3.25. The van der Waals surface area contributed by atoms with E-state index in [4.69, 9.17) is 14.9 Å². The molecule has 0 fully saturated rings. The van der Waals surface area contributed by atoms with Gasteiger partial charge in [-0.15, -0.1) is 0 Å². The second-order valence-electron chi connectivity index (χ2n) is 4.25. The zero-order valence-corrected chi connectivity index (χ0v) is 11.0. The van der Waals surface area contributed by atoms with Crippen molar-refractivity contribution in [3.63, 3.8) is 0 Å². The number of halogens is 1. The summed E-state index contributed by atoms with van der Waals surface area (Å²) in [6.45, 7) is 4.11. The second-order valence-corrected chi connectivity index (χ2v) is 5.03. The van der Waals surface area contributed by atoms with Crippen LogP contribution >= 0.6 is 15.9 Å². The topological polar surface area (TPSA) is 48.4 Å². The van der Waals surface area contributed by atoms with Crippen LogP contribution in [0.25, 0.3) is 0 Å². The van der Waals surface area contributed by atoms with E-state index in [-0.39, 0.29) is 11.6 Å². The molecule has 1 aromatic heterocycles. The molecular formula is C11H18BrNO2. The molecule has 1 unspecified atom stereocenters. The first-order chi connectivity index (χ1) is 6.94. The Morgan fingerprint density at radius 2 is 2.20 bits per heavy atom. The van der Waals surface area contributed by atoms with E-state index in [0.29, 0.717) is 0 Å². The molecule has 1 aromatic rings. The van der Waals surface area contributed by atoms with Crippen molar-refractivity contribution in [1.82, 2.24) is 0 Å². The highest BCUT2D eigenvalue weighted by Gasteiger charge is 2.19. The summed E-state index contributed by atoms with van der Waals surface area (Å²) in [7, 11) is 1.72. The third kappa shape index (κ3) is 3.97. The molecule has 1 atom stereocenters. The van der Waals surface area contributed by atoms with Crippen LogP contribution in [0.2, 0.25) is 0 Å². The van der Waals surface area contributed by atoms with Crippen LogP contribution in [0.4, 0.5) is 0 Å². The fourth-order valence-electron chi connectivity index (χ4n) is 1.27. The molecule has 0 saturated heterocycles. The number of rotatable bonds is 5. The van der Waals surface area contributed by atoms with Crippen molar-refractivity contribution in [2.45, 2.75) is 38.3 Å². The van der Waals surface area contributed by atoms with Crippen LogP contribution in [-0.4, -0.2) is 12.7 Å². The van der Waals surface area contributed by atoms with Gasteiger partial charge in [-0.3, -0.25) is 0 Å². The molecule has 0 amide bonds. The molecule has 0 aliphatic carbocycles. The summed E-state index contributed by atoms with van der Waals surface area (Å²) in [5.41, 5.74) is 5.88. The first-order valence-corrected chi connectivity index (χ1v) is 5.80. The van der Waals surface area contributed by atoms with Crippen molar-refractivity contribution in [3.05, 3.63) is 22.6 Å². The van der Waals surface area contributed by atoms with Gasteiger partial charge in [-0.05, 0) is 54.8 Å². The Morgan fingerprint density at radius 3 is 2.67 bits per heavy atom. The van der Waals surface area contributed by atoms with Gasteiger partial charge in [0.2, 0.25) is 0 Å². The molecule has 0 aromatic carbocycles. The molecule has 0 spiro atoms. The van der Waals surface area contributed by atoms with E-state index < -0.39 is 0 Å². The SMILES string of the molecule is COC(C)(C)CCC(N)c1ccc(Br)o1. The Morgan fingerprint density at radius 1 is 1.53 bits per heavy atom. The van der Waals surface area contributed by atoms with Crippen LogP contribution in [0.15, 0.2) is 21.2 Å². The number of ether oxygens (including phenoxy) is 1. The summed E-state index contributed by atoms with van der Waals surface area (Å²) in [5, 5.41) is 0. The zero-order chi connectivity index (χ0) is 11.5. The van der Waals surface area contributed by atoms with Crippen molar-refractivity contribution in [2.24, 2.45) is 5.73 Å². The average molecular weight is 276 g/mol. The van der Waals surface area contributed by atoms with Crippen molar-refractivity contribution in [1.29, 1.82) is 0 Å². The molecule has 15 heavy (non-hydrogen) atoms. The van der Waals surface area contributed by atoms with Gasteiger partial charge in [-0.1, -0.05) is 0 Å². The Hall–Kier alpha value is -0.320. The summed E-state index contributed by atoms with van der Waals surface area (Å²) in [6.07, 6.45) is 1.75. The first kappa shape index (κ1) is 12.7. The molecule has 0 aliphatic heterocycles. The van der Waals surface area contributed by atoms with Gasteiger partial charge in [0.1, 0.15) is 5.76 Å². The van der Waals surface area contributed by atoms with Gasteiger partial charge in [0.25, 0.3) is 0 Å². The molecule has 0 bridgehead atoms. The molecule has 0 saturated carbocycles. The van der Waals surface area contributed by atoms with Gasteiger partial charge < -0.3 is 14.9 Å². The summed E-state index contributed by atoms with van der Waals surface area (Å²) in [6, 6.07) is 3.69. The largest absolute Gasteiger partial charge is 0.453 e. The van der Waals surface area contributed by atoms with E-state index in [2.05, 4.69) is 29.8 Å². The standard InChI is InChI=1S/C11H18BrNO2/c1-11(2,14-3)7-6-8(13)9-4-5-10(12)15-9/h4-5,8H,6-7,13H2,1-3H3. The van der Waals surface area contributed by atoms with Crippen molar-refractivity contribution >= 4 is 15.9 Å². The predicted molar refractivity (Wildman–Crippen MR) is 63.7 cm³/mol. The lowest BCUT2D eigenvalue weighted by Crippen LogP contribution is -2.24. The maximum atomic E-state index is 6.00. The summed E-state index contributed by atoms with van der Waals surface area (Å²) in [4.78, 5) is 0. The van der Waals surface area contributed by atoms with E-state index >= 15 is 0 Å². The molecule has 1 rings (SSSR count). The lowest BCUT2D eigenvalue weighted by atomic mass is 9.98. The summed E-state index contributed by atoms with van der Waals surface area (Å²) in [5.74, 6) is 0.814. The average Bonchev–Trinajstić information content (AvgIpc) is 2.61. The molecule has 1 heterocycles. The Bertz CT molecular complexity index is 309. The third-order valence-corrected chi connectivity index (χ3v) is 3.00. The van der Waals surface area contributed by atoms with E-state index in [0.717, 1.165) is 23.3 Å². The monoisotopic (exact) mass is 275 g/mol. The van der Waals surface area contributed by atoms with Crippen LogP contribution in [0.3, 0.4) is 0 Å². The third-order valence-electron chi connectivity index (χ3n) is 2.57.